The van der Waals surface area contributed by atoms with E-state index in [1.165, 1.54) is 64.2 Å². The quantitative estimate of drug-likeness (QED) is 0.0243. The maximum atomic E-state index is 12.9. The summed E-state index contributed by atoms with van der Waals surface area (Å²) in [6.07, 6.45) is 75.6. The van der Waals surface area contributed by atoms with Crippen LogP contribution in [0.2, 0.25) is 0 Å². The van der Waals surface area contributed by atoms with Crippen LogP contribution < -0.4 is 5.32 Å². The summed E-state index contributed by atoms with van der Waals surface area (Å²) in [4.78, 5) is 23.2. The Labute approximate surface area is 424 Å². The average molecular weight is 978 g/mol. The molecule has 69 heavy (non-hydrogen) atoms. The summed E-state index contributed by atoms with van der Waals surface area (Å²) >= 11 is 0. The minimum Gasteiger partial charge on any atom is -0.387 e. The van der Waals surface area contributed by atoms with Crippen molar-refractivity contribution in [3.8, 4) is 0 Å². The average Bonchev–Trinajstić information content (AvgIpc) is 3.31. The minimum atomic E-state index is -4.36. The number of aliphatic hydroxyl groups excluding tert-OH is 1. The molecule has 3 unspecified atom stereocenters. The smallest absolute Gasteiger partial charge is 0.387 e. The van der Waals surface area contributed by atoms with Gasteiger partial charge in [0.15, 0.2) is 0 Å². The van der Waals surface area contributed by atoms with Crippen molar-refractivity contribution >= 4 is 13.7 Å². The SMILES string of the molecule is CC/C=C\C/C=C\C/C=C\C/C=C\C/C=C\C/C=C\C/C=C\C/C=C\C/C=C\CCCCCCCCCCCC(=O)NC(COP(=O)(O)OCC[N+](C)(C)C)C(O)/C=C/CC/C=C/CCCCCC. The number of carbonyl (C=O) groups excluding carboxylic acids is 1. The van der Waals surface area contributed by atoms with Crippen molar-refractivity contribution in [2.24, 2.45) is 0 Å². The fourth-order valence-electron chi connectivity index (χ4n) is 6.87. The fraction of sp³-hybridized carbons (Fsp3) is 0.617. The molecule has 0 aromatic carbocycles. The van der Waals surface area contributed by atoms with Crippen molar-refractivity contribution in [2.45, 2.75) is 199 Å². The summed E-state index contributed by atoms with van der Waals surface area (Å²) in [5, 5.41) is 13.8. The number of allylic oxidation sites excluding steroid dienone is 21. The van der Waals surface area contributed by atoms with E-state index in [9.17, 15) is 19.4 Å². The molecule has 0 aliphatic rings. The second kappa shape index (κ2) is 49.6. The normalized spacial score (nSPS) is 15.1. The minimum absolute atomic E-state index is 0.0479. The first kappa shape index (κ1) is 65.6. The van der Waals surface area contributed by atoms with Gasteiger partial charge in [0.25, 0.3) is 0 Å². The molecule has 0 bridgehead atoms. The number of carbonyl (C=O) groups is 1. The molecule has 3 atom stereocenters. The summed E-state index contributed by atoms with van der Waals surface area (Å²) in [6, 6.07) is -0.874. The lowest BCUT2D eigenvalue weighted by atomic mass is 10.1. The highest BCUT2D eigenvalue weighted by atomic mass is 31.2. The van der Waals surface area contributed by atoms with Crippen molar-refractivity contribution in [1.29, 1.82) is 0 Å². The number of likely N-dealkylation sites (N-methyl/N-ethyl adjacent to an activating group) is 1. The first-order chi connectivity index (χ1) is 33.5. The first-order valence-corrected chi connectivity index (χ1v) is 28.6. The Hall–Kier alpha value is -3.36. The van der Waals surface area contributed by atoms with Crippen molar-refractivity contribution in [3.05, 3.63) is 134 Å². The molecule has 1 amide bonds. The molecule has 0 saturated carbocycles. The van der Waals surface area contributed by atoms with Crippen LogP contribution in [0.15, 0.2) is 134 Å². The number of amides is 1. The van der Waals surface area contributed by atoms with Gasteiger partial charge < -0.3 is 19.8 Å². The molecule has 0 saturated heterocycles. The molecular weight excluding hydrogens is 876 g/mol. The van der Waals surface area contributed by atoms with Gasteiger partial charge in [0.05, 0.1) is 39.9 Å². The van der Waals surface area contributed by atoms with E-state index in [4.69, 9.17) is 9.05 Å². The van der Waals surface area contributed by atoms with E-state index >= 15 is 0 Å². The number of aliphatic hydroxyl groups is 1. The van der Waals surface area contributed by atoms with E-state index in [1.54, 1.807) is 6.08 Å². The predicted molar refractivity (Wildman–Crippen MR) is 299 cm³/mol. The molecular formula is C60H102N2O6P+. The molecule has 0 aliphatic heterocycles. The number of quaternary nitrogens is 1. The Kier molecular flexibility index (Phi) is 47.2. The third kappa shape index (κ3) is 52.3. The molecule has 3 N–H and O–H groups in total. The van der Waals surface area contributed by atoms with Crippen LogP contribution in [-0.2, 0) is 18.4 Å². The Morgan fingerprint density at radius 3 is 1.33 bits per heavy atom. The lowest BCUT2D eigenvalue weighted by Gasteiger charge is -2.25. The summed E-state index contributed by atoms with van der Waals surface area (Å²) in [7, 11) is 1.53. The molecule has 0 rings (SSSR count). The maximum Gasteiger partial charge on any atom is 0.472 e. The number of nitrogens with one attached hydrogen (secondary N) is 1. The Balaban J connectivity index is 4.11. The lowest BCUT2D eigenvalue weighted by molar-refractivity contribution is -0.870. The van der Waals surface area contributed by atoms with Crippen LogP contribution in [0.3, 0.4) is 0 Å². The Morgan fingerprint density at radius 2 is 0.884 bits per heavy atom. The van der Waals surface area contributed by atoms with Gasteiger partial charge in [-0.05, 0) is 103 Å². The molecule has 8 nitrogen and oxygen atoms in total. The molecule has 9 heteroatoms. The summed E-state index contributed by atoms with van der Waals surface area (Å²) < 4.78 is 23.5. The number of hydrogen-bond donors (Lipinski definition) is 3. The molecule has 0 aromatic heterocycles. The zero-order valence-corrected chi connectivity index (χ0v) is 45.4. The van der Waals surface area contributed by atoms with Crippen LogP contribution in [0, 0.1) is 0 Å². The highest BCUT2D eigenvalue weighted by Gasteiger charge is 2.27. The summed E-state index contributed by atoms with van der Waals surface area (Å²) in [5.41, 5.74) is 0. The third-order valence-corrected chi connectivity index (χ3v) is 12.1. The topological polar surface area (TPSA) is 105 Å². The van der Waals surface area contributed by atoms with Gasteiger partial charge in [0, 0.05) is 6.42 Å². The predicted octanol–water partition coefficient (Wildman–Crippen LogP) is 16.4. The number of phosphoric acid groups is 1. The number of phosphoric ester groups is 1. The molecule has 0 heterocycles. The van der Waals surface area contributed by atoms with Crippen molar-refractivity contribution in [3.63, 3.8) is 0 Å². The zero-order valence-electron chi connectivity index (χ0n) is 44.5. The number of nitrogens with zero attached hydrogens (tertiary/aromatic N) is 1. The molecule has 392 valence electrons. The molecule has 0 spiro atoms. The number of rotatable bonds is 47. The van der Waals surface area contributed by atoms with E-state index in [1.807, 2.05) is 27.2 Å². The number of unbranched alkanes of at least 4 members (excludes halogenated alkanes) is 14. The van der Waals surface area contributed by atoms with Crippen molar-refractivity contribution in [2.75, 3.05) is 40.9 Å². The first-order valence-electron chi connectivity index (χ1n) is 27.1. The highest BCUT2D eigenvalue weighted by molar-refractivity contribution is 7.47. The van der Waals surface area contributed by atoms with E-state index in [2.05, 4.69) is 141 Å². The third-order valence-electron chi connectivity index (χ3n) is 11.1. The van der Waals surface area contributed by atoms with Crippen LogP contribution in [0.1, 0.15) is 187 Å². The summed E-state index contributed by atoms with van der Waals surface area (Å²) in [6.45, 7) is 4.61. The second-order valence-electron chi connectivity index (χ2n) is 18.9. The lowest BCUT2D eigenvalue weighted by Crippen LogP contribution is -2.45. The standard InChI is InChI=1S/C60H101N2O6P/c1-6-8-10-12-14-16-18-19-20-21-22-23-24-25-26-27-28-29-30-31-32-33-34-35-36-37-38-39-40-41-42-43-44-46-48-50-52-54-60(64)61-58(57-68-69(65,66)67-56-55-62(3,4)5)59(63)53-51-49-47-45-17-15-13-11-9-7-2/h8,10,14,16-17,19-20,22-23,25-26,28-29,31-32,34-35,37-38,45,51,53,58-59,63H,6-7,9,11-13,15,18,21,24,27,30,33,36,39-44,46-50,52,54-57H2,1-5H3,(H-,61,64,65,66)/p+1/b10-8-,16-14-,20-19-,23-22-,26-25-,29-28-,32-31-,35-34-,38-37-,45-17+,53-51+. The largest absolute Gasteiger partial charge is 0.472 e. The molecule has 0 radical (unpaired) electrons. The zero-order chi connectivity index (χ0) is 50.6. The molecule has 0 fully saturated rings. The van der Waals surface area contributed by atoms with E-state index < -0.39 is 20.0 Å². The Morgan fingerprint density at radius 1 is 0.507 bits per heavy atom. The van der Waals surface area contributed by atoms with Gasteiger partial charge in [-0.15, -0.1) is 0 Å². The van der Waals surface area contributed by atoms with Gasteiger partial charge in [-0.25, -0.2) is 4.57 Å². The van der Waals surface area contributed by atoms with Crippen LogP contribution >= 0.6 is 7.82 Å². The Bertz CT molecular complexity index is 1580. The maximum absolute atomic E-state index is 12.9. The van der Waals surface area contributed by atoms with Crippen LogP contribution in [0.4, 0.5) is 0 Å². The monoisotopic (exact) mass is 978 g/mol. The van der Waals surface area contributed by atoms with Gasteiger partial charge in [0.2, 0.25) is 5.91 Å². The fourth-order valence-corrected chi connectivity index (χ4v) is 7.61. The van der Waals surface area contributed by atoms with Crippen molar-refractivity contribution < 1.29 is 32.9 Å². The van der Waals surface area contributed by atoms with E-state index in [-0.39, 0.29) is 19.1 Å². The molecule has 0 aromatic rings. The van der Waals surface area contributed by atoms with Crippen LogP contribution in [0.25, 0.3) is 0 Å². The van der Waals surface area contributed by atoms with Gasteiger partial charge in [-0.3, -0.25) is 13.8 Å². The van der Waals surface area contributed by atoms with Gasteiger partial charge in [-0.2, -0.15) is 0 Å². The van der Waals surface area contributed by atoms with Crippen molar-refractivity contribution in [1.82, 2.24) is 5.32 Å². The van der Waals surface area contributed by atoms with Gasteiger partial charge in [0.1, 0.15) is 13.2 Å². The van der Waals surface area contributed by atoms with Gasteiger partial charge in [-0.1, -0.05) is 212 Å². The highest BCUT2D eigenvalue weighted by Crippen LogP contribution is 2.43. The van der Waals surface area contributed by atoms with E-state index in [0.29, 0.717) is 17.4 Å². The molecule has 0 aliphatic carbocycles. The summed E-state index contributed by atoms with van der Waals surface area (Å²) in [5.74, 6) is -0.202. The van der Waals surface area contributed by atoms with Crippen LogP contribution in [-0.4, -0.2) is 73.4 Å². The number of hydrogen-bond acceptors (Lipinski definition) is 5. The van der Waals surface area contributed by atoms with Crippen LogP contribution in [0.5, 0.6) is 0 Å². The van der Waals surface area contributed by atoms with E-state index in [0.717, 1.165) is 103 Å². The van der Waals surface area contributed by atoms with Gasteiger partial charge >= 0.3 is 7.82 Å². The second-order valence-corrected chi connectivity index (χ2v) is 20.3.